The number of rotatable bonds is 3. The summed E-state index contributed by atoms with van der Waals surface area (Å²) in [6.45, 7) is 0. The van der Waals surface area contributed by atoms with Crippen LogP contribution >= 0.6 is 23.2 Å². The van der Waals surface area contributed by atoms with Gasteiger partial charge in [-0.3, -0.25) is 0 Å². The number of hydrogen-bond acceptors (Lipinski definition) is 2. The Hall–Kier alpha value is -1.69. The van der Waals surface area contributed by atoms with Crippen molar-refractivity contribution in [3.63, 3.8) is 0 Å². The molecule has 0 spiro atoms. The molecule has 4 heteroatoms. The molecule has 0 aromatic heterocycles. The van der Waals surface area contributed by atoms with Crippen LogP contribution in [-0.2, 0) is 0 Å². The predicted molar refractivity (Wildman–Crippen MR) is 74.9 cm³/mol. The van der Waals surface area contributed by atoms with Crippen molar-refractivity contribution < 1.29 is 0 Å². The van der Waals surface area contributed by atoms with E-state index >= 15 is 0 Å². The van der Waals surface area contributed by atoms with Gasteiger partial charge in [-0.2, -0.15) is 5.26 Å². The second-order valence-corrected chi connectivity index (χ2v) is 4.65. The van der Waals surface area contributed by atoms with Crippen LogP contribution in [0.5, 0.6) is 0 Å². The van der Waals surface area contributed by atoms with E-state index in [2.05, 4.69) is 11.4 Å². The van der Waals surface area contributed by atoms with Crippen molar-refractivity contribution in [3.8, 4) is 6.07 Å². The van der Waals surface area contributed by atoms with E-state index in [-0.39, 0.29) is 0 Å². The van der Waals surface area contributed by atoms with Crippen LogP contribution in [0.2, 0.25) is 10.0 Å². The lowest BCUT2D eigenvalue weighted by Gasteiger charge is -2.13. The van der Waals surface area contributed by atoms with Crippen LogP contribution in [0.3, 0.4) is 0 Å². The van der Waals surface area contributed by atoms with Crippen LogP contribution in [0.1, 0.15) is 11.6 Å². The van der Waals surface area contributed by atoms with Crippen LogP contribution in [0, 0.1) is 11.3 Å². The number of para-hydroxylation sites is 1. The monoisotopic (exact) mass is 276 g/mol. The van der Waals surface area contributed by atoms with Gasteiger partial charge in [0.1, 0.15) is 6.04 Å². The number of halogens is 2. The number of benzene rings is 2. The third-order valence-corrected chi connectivity index (χ3v) is 2.87. The number of nitrogens with zero attached hydrogens (tertiary/aromatic N) is 1. The molecular formula is C14H10Cl2N2. The fourth-order valence-electron chi connectivity index (χ4n) is 1.63. The van der Waals surface area contributed by atoms with E-state index in [1.165, 1.54) is 0 Å². The zero-order valence-corrected chi connectivity index (χ0v) is 10.9. The van der Waals surface area contributed by atoms with E-state index in [1.54, 1.807) is 18.2 Å². The summed E-state index contributed by atoms with van der Waals surface area (Å²) >= 11 is 11.9. The maximum Gasteiger partial charge on any atom is 0.140 e. The molecule has 18 heavy (non-hydrogen) atoms. The van der Waals surface area contributed by atoms with Crippen molar-refractivity contribution in [1.82, 2.24) is 0 Å². The Balaban J connectivity index is 2.26. The standard InChI is InChI=1S/C14H10Cl2N2/c15-11-6-10(7-12(16)8-11)14(9-17)18-13-4-2-1-3-5-13/h1-8,14,18H. The Labute approximate surface area is 116 Å². The molecule has 2 aromatic carbocycles. The maximum atomic E-state index is 9.22. The molecule has 90 valence electrons. The molecule has 0 aliphatic heterocycles. The van der Waals surface area contributed by atoms with Gasteiger partial charge in [-0.05, 0) is 35.9 Å². The quantitative estimate of drug-likeness (QED) is 0.884. The van der Waals surface area contributed by atoms with Crippen molar-refractivity contribution >= 4 is 28.9 Å². The molecule has 0 fully saturated rings. The molecule has 0 radical (unpaired) electrons. The van der Waals surface area contributed by atoms with E-state index in [9.17, 15) is 5.26 Å². The highest BCUT2D eigenvalue weighted by molar-refractivity contribution is 6.34. The zero-order chi connectivity index (χ0) is 13.0. The smallest absolute Gasteiger partial charge is 0.140 e. The molecule has 0 aliphatic rings. The number of hydrogen-bond donors (Lipinski definition) is 1. The first kappa shape index (κ1) is 12.8. The maximum absolute atomic E-state index is 9.22. The van der Waals surface area contributed by atoms with Crippen molar-refractivity contribution in [2.24, 2.45) is 0 Å². The highest BCUT2D eigenvalue weighted by Gasteiger charge is 2.11. The molecular weight excluding hydrogens is 267 g/mol. The molecule has 1 N–H and O–H groups in total. The molecule has 2 rings (SSSR count). The Morgan fingerprint density at radius 1 is 1.00 bits per heavy atom. The fourth-order valence-corrected chi connectivity index (χ4v) is 2.18. The molecule has 0 saturated heterocycles. The van der Waals surface area contributed by atoms with Gasteiger partial charge in [0.2, 0.25) is 0 Å². The first-order valence-corrected chi connectivity index (χ1v) is 6.12. The van der Waals surface area contributed by atoms with Crippen LogP contribution in [-0.4, -0.2) is 0 Å². The summed E-state index contributed by atoms with van der Waals surface area (Å²) in [5.41, 5.74) is 1.62. The van der Waals surface area contributed by atoms with E-state index in [0.717, 1.165) is 11.3 Å². The van der Waals surface area contributed by atoms with Crippen molar-refractivity contribution in [2.75, 3.05) is 5.32 Å². The lowest BCUT2D eigenvalue weighted by atomic mass is 10.1. The third-order valence-electron chi connectivity index (χ3n) is 2.43. The third kappa shape index (κ3) is 3.16. The molecule has 1 unspecified atom stereocenters. The lowest BCUT2D eigenvalue weighted by Crippen LogP contribution is -2.08. The lowest BCUT2D eigenvalue weighted by molar-refractivity contribution is 0.998. The summed E-state index contributed by atoms with van der Waals surface area (Å²) in [6.07, 6.45) is 0. The second-order valence-electron chi connectivity index (χ2n) is 3.78. The molecule has 1 atom stereocenters. The summed E-state index contributed by atoms with van der Waals surface area (Å²) in [6, 6.07) is 16.3. The van der Waals surface area contributed by atoms with Crippen LogP contribution in [0.25, 0.3) is 0 Å². The number of nitrogens with one attached hydrogen (secondary N) is 1. The van der Waals surface area contributed by atoms with Gasteiger partial charge in [-0.25, -0.2) is 0 Å². The van der Waals surface area contributed by atoms with Gasteiger partial charge in [-0.15, -0.1) is 0 Å². The van der Waals surface area contributed by atoms with Crippen molar-refractivity contribution in [1.29, 1.82) is 5.26 Å². The Kier molecular flexibility index (Phi) is 4.09. The molecule has 0 amide bonds. The highest BCUT2D eigenvalue weighted by Crippen LogP contribution is 2.25. The van der Waals surface area contributed by atoms with Crippen LogP contribution < -0.4 is 5.32 Å². The van der Waals surface area contributed by atoms with Gasteiger partial charge in [0.25, 0.3) is 0 Å². The minimum Gasteiger partial charge on any atom is -0.366 e. The normalized spacial score (nSPS) is 11.6. The molecule has 2 aromatic rings. The summed E-state index contributed by atoms with van der Waals surface area (Å²) in [5.74, 6) is 0. The van der Waals surface area contributed by atoms with E-state index in [0.29, 0.717) is 10.0 Å². The Morgan fingerprint density at radius 3 is 2.17 bits per heavy atom. The summed E-state index contributed by atoms with van der Waals surface area (Å²) in [7, 11) is 0. The van der Waals surface area contributed by atoms with Gasteiger partial charge < -0.3 is 5.32 Å². The van der Waals surface area contributed by atoms with Gasteiger partial charge in [0.15, 0.2) is 0 Å². The largest absolute Gasteiger partial charge is 0.366 e. The molecule has 2 nitrogen and oxygen atoms in total. The molecule has 0 heterocycles. The van der Waals surface area contributed by atoms with Crippen LogP contribution in [0.15, 0.2) is 48.5 Å². The Morgan fingerprint density at radius 2 is 1.61 bits per heavy atom. The van der Waals surface area contributed by atoms with Gasteiger partial charge in [0, 0.05) is 15.7 Å². The van der Waals surface area contributed by atoms with Gasteiger partial charge in [-0.1, -0.05) is 41.4 Å². The summed E-state index contributed by atoms with van der Waals surface area (Å²) in [5, 5.41) is 13.4. The van der Waals surface area contributed by atoms with Crippen LogP contribution in [0.4, 0.5) is 5.69 Å². The molecule has 0 bridgehead atoms. The second kappa shape index (κ2) is 5.77. The summed E-state index contributed by atoms with van der Waals surface area (Å²) < 4.78 is 0. The fraction of sp³-hybridized carbons (Fsp3) is 0.0714. The first-order valence-electron chi connectivity index (χ1n) is 5.36. The highest BCUT2D eigenvalue weighted by atomic mass is 35.5. The van der Waals surface area contributed by atoms with E-state index in [4.69, 9.17) is 23.2 Å². The first-order chi connectivity index (χ1) is 8.69. The summed E-state index contributed by atoms with van der Waals surface area (Å²) in [4.78, 5) is 0. The van der Waals surface area contributed by atoms with Gasteiger partial charge in [0.05, 0.1) is 6.07 Å². The average Bonchev–Trinajstić information content (AvgIpc) is 2.36. The zero-order valence-electron chi connectivity index (χ0n) is 9.40. The van der Waals surface area contributed by atoms with Gasteiger partial charge >= 0.3 is 0 Å². The predicted octanol–water partition coefficient (Wildman–Crippen LogP) is 4.67. The molecule has 0 saturated carbocycles. The minimum absolute atomic E-state index is 0.483. The van der Waals surface area contributed by atoms with Crippen molar-refractivity contribution in [3.05, 3.63) is 64.1 Å². The Bertz CT molecular complexity index is 556. The number of nitriles is 1. The minimum atomic E-state index is -0.483. The van der Waals surface area contributed by atoms with E-state index in [1.807, 2.05) is 30.3 Å². The van der Waals surface area contributed by atoms with E-state index < -0.39 is 6.04 Å². The topological polar surface area (TPSA) is 35.8 Å². The molecule has 0 aliphatic carbocycles. The number of anilines is 1. The average molecular weight is 277 g/mol. The van der Waals surface area contributed by atoms with Crippen molar-refractivity contribution in [2.45, 2.75) is 6.04 Å². The SMILES string of the molecule is N#CC(Nc1ccccc1)c1cc(Cl)cc(Cl)c1.